The van der Waals surface area contributed by atoms with Gasteiger partial charge in [0.25, 0.3) is 21.6 Å². The summed E-state index contributed by atoms with van der Waals surface area (Å²) in [6.07, 6.45) is -0.730. The summed E-state index contributed by atoms with van der Waals surface area (Å²) < 4.78 is 38.6. The molecular weight excluding hydrogens is 426 g/mol. The maximum Gasteiger partial charge on any atom is 0.274 e. The summed E-state index contributed by atoms with van der Waals surface area (Å²) in [5.41, 5.74) is 0.161. The van der Waals surface area contributed by atoms with Crippen LogP contribution in [0.3, 0.4) is 0 Å². The molecule has 1 aliphatic heterocycles. The van der Waals surface area contributed by atoms with Gasteiger partial charge in [0.15, 0.2) is 6.10 Å². The van der Waals surface area contributed by atoms with Crippen LogP contribution in [-0.4, -0.2) is 56.6 Å². The van der Waals surface area contributed by atoms with Crippen molar-refractivity contribution in [3.8, 4) is 5.75 Å². The number of carbonyl (C=O) groups excluding carboxylic acids is 1. The van der Waals surface area contributed by atoms with Gasteiger partial charge in [0, 0.05) is 19.2 Å². The van der Waals surface area contributed by atoms with Crippen LogP contribution in [0.2, 0.25) is 0 Å². The van der Waals surface area contributed by atoms with Crippen molar-refractivity contribution in [2.24, 2.45) is 0 Å². The second kappa shape index (κ2) is 9.31. The average molecular weight is 449 g/mol. The molecule has 1 heterocycles. The van der Waals surface area contributed by atoms with Crippen molar-refractivity contribution in [2.45, 2.75) is 24.8 Å². The van der Waals surface area contributed by atoms with Crippen LogP contribution in [-0.2, 0) is 19.6 Å². The third-order valence-electron chi connectivity index (χ3n) is 4.86. The van der Waals surface area contributed by atoms with Crippen molar-refractivity contribution in [3.63, 3.8) is 0 Å². The van der Waals surface area contributed by atoms with Gasteiger partial charge >= 0.3 is 0 Å². The molecule has 0 aliphatic carbocycles. The Labute approximate surface area is 180 Å². The van der Waals surface area contributed by atoms with Gasteiger partial charge in [-0.05, 0) is 44.2 Å². The van der Waals surface area contributed by atoms with Crippen molar-refractivity contribution in [1.29, 1.82) is 0 Å². The monoisotopic (exact) mass is 449 g/mol. The number of anilines is 1. The Morgan fingerprint density at radius 2 is 1.84 bits per heavy atom. The summed E-state index contributed by atoms with van der Waals surface area (Å²) in [6.45, 7) is 5.10. The van der Waals surface area contributed by atoms with E-state index < -0.39 is 21.1 Å². The number of carbonyl (C=O) groups is 1. The van der Waals surface area contributed by atoms with E-state index in [0.717, 1.165) is 0 Å². The van der Waals surface area contributed by atoms with E-state index in [-0.39, 0.29) is 27.7 Å². The maximum atomic E-state index is 12.7. The van der Waals surface area contributed by atoms with E-state index >= 15 is 0 Å². The van der Waals surface area contributed by atoms with Gasteiger partial charge in [-0.15, -0.1) is 0 Å². The van der Waals surface area contributed by atoms with Crippen LogP contribution in [0.4, 0.5) is 11.4 Å². The van der Waals surface area contributed by atoms with Gasteiger partial charge in [0.2, 0.25) is 0 Å². The largest absolute Gasteiger partial charge is 0.481 e. The molecule has 1 saturated heterocycles. The molecule has 11 heteroatoms. The fourth-order valence-corrected chi connectivity index (χ4v) is 4.25. The Balaban J connectivity index is 1.69. The summed E-state index contributed by atoms with van der Waals surface area (Å²) in [7, 11) is -3.97. The molecule has 1 atom stereocenters. The van der Waals surface area contributed by atoms with Gasteiger partial charge in [-0.3, -0.25) is 19.6 Å². The number of nitrogens with zero attached hydrogens (tertiary/aromatic N) is 2. The first-order chi connectivity index (χ1) is 14.7. The number of nitrogens with one attached hydrogen (secondary N) is 1. The Bertz CT molecular complexity index is 1060. The summed E-state index contributed by atoms with van der Waals surface area (Å²) in [5.74, 6) is 0.183. The van der Waals surface area contributed by atoms with Crippen LogP contribution >= 0.6 is 0 Å². The van der Waals surface area contributed by atoms with Gasteiger partial charge in [-0.1, -0.05) is 6.07 Å². The minimum Gasteiger partial charge on any atom is -0.481 e. The fraction of sp³-hybridized carbons (Fsp3) is 0.350. The number of sulfonamides is 1. The molecule has 166 valence electrons. The smallest absolute Gasteiger partial charge is 0.274 e. The van der Waals surface area contributed by atoms with Crippen LogP contribution in [0, 0.1) is 17.0 Å². The van der Waals surface area contributed by atoms with Crippen LogP contribution in [0.15, 0.2) is 47.4 Å². The van der Waals surface area contributed by atoms with Crippen molar-refractivity contribution in [3.05, 3.63) is 58.1 Å². The summed E-state index contributed by atoms with van der Waals surface area (Å²) in [6, 6.07) is 9.77. The third-order valence-corrected chi connectivity index (χ3v) is 6.25. The molecule has 0 spiro atoms. The van der Waals surface area contributed by atoms with Gasteiger partial charge in [0.05, 0.1) is 34.3 Å². The minimum absolute atomic E-state index is 0.0436. The van der Waals surface area contributed by atoms with Crippen LogP contribution < -0.4 is 9.46 Å². The number of morpholine rings is 1. The number of ether oxygens (including phenoxy) is 2. The zero-order valence-electron chi connectivity index (χ0n) is 17.1. The highest BCUT2D eigenvalue weighted by molar-refractivity contribution is 7.92. The van der Waals surface area contributed by atoms with E-state index in [1.807, 2.05) is 0 Å². The predicted octanol–water partition coefficient (Wildman–Crippen LogP) is 2.33. The summed E-state index contributed by atoms with van der Waals surface area (Å²) >= 11 is 0. The highest BCUT2D eigenvalue weighted by Gasteiger charge is 2.24. The van der Waals surface area contributed by atoms with Crippen molar-refractivity contribution in [1.82, 2.24) is 4.90 Å². The van der Waals surface area contributed by atoms with Gasteiger partial charge in [0.1, 0.15) is 5.75 Å². The molecule has 2 aromatic rings. The van der Waals surface area contributed by atoms with Crippen molar-refractivity contribution >= 4 is 27.3 Å². The lowest BCUT2D eigenvalue weighted by molar-refractivity contribution is -0.385. The molecule has 1 amide bonds. The Morgan fingerprint density at radius 3 is 2.45 bits per heavy atom. The van der Waals surface area contributed by atoms with Crippen molar-refractivity contribution in [2.75, 3.05) is 31.0 Å². The molecule has 3 rings (SSSR count). The first-order valence-electron chi connectivity index (χ1n) is 9.59. The van der Waals surface area contributed by atoms with E-state index in [1.165, 1.54) is 49.4 Å². The minimum atomic E-state index is -3.97. The predicted molar refractivity (Wildman–Crippen MR) is 113 cm³/mol. The van der Waals surface area contributed by atoms with E-state index in [4.69, 9.17) is 9.47 Å². The molecule has 31 heavy (non-hydrogen) atoms. The number of hydrogen-bond donors (Lipinski definition) is 1. The van der Waals surface area contributed by atoms with E-state index in [0.29, 0.717) is 32.1 Å². The van der Waals surface area contributed by atoms with Gasteiger partial charge in [-0.25, -0.2) is 8.42 Å². The number of nitro benzene ring substituents is 1. The molecule has 0 radical (unpaired) electrons. The topological polar surface area (TPSA) is 128 Å². The van der Waals surface area contributed by atoms with Gasteiger partial charge in [-0.2, -0.15) is 0 Å². The normalized spacial score (nSPS) is 15.2. The van der Waals surface area contributed by atoms with Crippen molar-refractivity contribution < 1.29 is 27.6 Å². The third kappa shape index (κ3) is 5.30. The SMILES string of the molecule is Cc1c(NS(=O)(=O)c2ccc(O[C@@H](C)C(=O)N3CCOCC3)cc2)cccc1[N+](=O)[O-]. The first kappa shape index (κ1) is 22.5. The fourth-order valence-electron chi connectivity index (χ4n) is 3.13. The first-order valence-corrected chi connectivity index (χ1v) is 11.1. The average Bonchev–Trinajstić information content (AvgIpc) is 2.75. The lowest BCUT2D eigenvalue weighted by Gasteiger charge is -2.29. The van der Waals surface area contributed by atoms with E-state index in [1.54, 1.807) is 11.8 Å². The van der Waals surface area contributed by atoms with Gasteiger partial charge < -0.3 is 14.4 Å². The molecular formula is C20H23N3O7S. The Hall–Kier alpha value is -3.18. The molecule has 0 unspecified atom stereocenters. The molecule has 1 fully saturated rings. The van der Waals surface area contributed by atoms with E-state index in [2.05, 4.69) is 4.72 Å². The number of hydrogen-bond acceptors (Lipinski definition) is 7. The molecule has 1 aliphatic rings. The maximum absolute atomic E-state index is 12.7. The van der Waals surface area contributed by atoms with Crippen LogP contribution in [0.1, 0.15) is 12.5 Å². The molecule has 1 N–H and O–H groups in total. The zero-order chi connectivity index (χ0) is 22.6. The highest BCUT2D eigenvalue weighted by Crippen LogP contribution is 2.27. The Morgan fingerprint density at radius 1 is 1.19 bits per heavy atom. The molecule has 0 bridgehead atoms. The quantitative estimate of drug-likeness (QED) is 0.507. The second-order valence-corrected chi connectivity index (χ2v) is 8.66. The Kier molecular flexibility index (Phi) is 6.76. The molecule has 2 aromatic carbocycles. The molecule has 10 nitrogen and oxygen atoms in total. The summed E-state index contributed by atoms with van der Waals surface area (Å²) in [5, 5.41) is 11.1. The number of nitro groups is 1. The number of amides is 1. The summed E-state index contributed by atoms with van der Waals surface area (Å²) in [4.78, 5) is 24.5. The second-order valence-electron chi connectivity index (χ2n) is 6.98. The molecule has 0 aromatic heterocycles. The molecule has 0 saturated carbocycles. The number of rotatable bonds is 7. The van der Waals surface area contributed by atoms with Crippen LogP contribution in [0.25, 0.3) is 0 Å². The lowest BCUT2D eigenvalue weighted by Crippen LogP contribution is -2.46. The highest BCUT2D eigenvalue weighted by atomic mass is 32.2. The van der Waals surface area contributed by atoms with E-state index in [9.17, 15) is 23.3 Å². The number of benzene rings is 2. The lowest BCUT2D eigenvalue weighted by atomic mass is 10.2. The standard InChI is InChI=1S/C20H23N3O7S/c1-14-18(4-3-5-19(14)23(25)26)21-31(27,28)17-8-6-16(7-9-17)30-15(2)20(24)22-10-12-29-13-11-22/h3-9,15,21H,10-13H2,1-2H3/t15-/m0/s1. The zero-order valence-corrected chi connectivity index (χ0v) is 17.9. The van der Waals surface area contributed by atoms with Crippen LogP contribution in [0.5, 0.6) is 5.75 Å².